The topological polar surface area (TPSA) is 75.3 Å². The van der Waals surface area contributed by atoms with Crippen LogP contribution in [-0.4, -0.2) is 14.3 Å². The van der Waals surface area contributed by atoms with Crippen molar-refractivity contribution < 1.29 is 13.2 Å². The molecule has 0 saturated heterocycles. The van der Waals surface area contributed by atoms with Gasteiger partial charge in [0.05, 0.1) is 4.90 Å². The molecule has 30 heavy (non-hydrogen) atoms. The Labute approximate surface area is 182 Å². The van der Waals surface area contributed by atoms with Crippen LogP contribution in [0.25, 0.3) is 0 Å². The van der Waals surface area contributed by atoms with Crippen LogP contribution in [-0.2, 0) is 10.0 Å². The van der Waals surface area contributed by atoms with Crippen molar-refractivity contribution in [1.82, 2.24) is 0 Å². The maximum Gasteiger partial charge on any atom is 0.262 e. The van der Waals surface area contributed by atoms with Gasteiger partial charge in [0, 0.05) is 22.0 Å². The number of amides is 1. The molecule has 0 radical (unpaired) electrons. The maximum absolute atomic E-state index is 13.0. The average molecular weight is 443 g/mol. The van der Waals surface area contributed by atoms with E-state index in [1.807, 2.05) is 26.8 Å². The van der Waals surface area contributed by atoms with Crippen LogP contribution in [0.15, 0.2) is 59.5 Å². The van der Waals surface area contributed by atoms with Gasteiger partial charge >= 0.3 is 0 Å². The van der Waals surface area contributed by atoms with E-state index in [1.54, 1.807) is 49.4 Å². The molecule has 0 aliphatic carbocycles. The number of halogens is 1. The van der Waals surface area contributed by atoms with Gasteiger partial charge in [-0.05, 0) is 92.4 Å². The number of rotatable bonds is 5. The highest BCUT2D eigenvalue weighted by Crippen LogP contribution is 2.24. The van der Waals surface area contributed by atoms with E-state index in [0.29, 0.717) is 22.0 Å². The SMILES string of the molecule is Cc1cc(C)cc(NS(=O)(=O)c2cc(C(=O)Nc3ccc(Cl)cc3C)ccc2C)c1. The molecule has 0 aliphatic rings. The van der Waals surface area contributed by atoms with E-state index in [0.717, 1.165) is 16.7 Å². The van der Waals surface area contributed by atoms with Gasteiger partial charge in [-0.15, -0.1) is 0 Å². The first kappa shape index (κ1) is 21.9. The highest BCUT2D eigenvalue weighted by atomic mass is 35.5. The highest BCUT2D eigenvalue weighted by molar-refractivity contribution is 7.92. The lowest BCUT2D eigenvalue weighted by Gasteiger charge is -2.14. The summed E-state index contributed by atoms with van der Waals surface area (Å²) in [6.45, 7) is 7.33. The van der Waals surface area contributed by atoms with Crippen molar-refractivity contribution >= 4 is 38.9 Å². The lowest BCUT2D eigenvalue weighted by Crippen LogP contribution is -2.17. The summed E-state index contributed by atoms with van der Waals surface area (Å²) in [6, 6.07) is 15.3. The predicted molar refractivity (Wildman–Crippen MR) is 122 cm³/mol. The maximum atomic E-state index is 13.0. The monoisotopic (exact) mass is 442 g/mol. The van der Waals surface area contributed by atoms with Gasteiger partial charge in [0.1, 0.15) is 0 Å². The Balaban J connectivity index is 1.91. The van der Waals surface area contributed by atoms with E-state index in [-0.39, 0.29) is 10.5 Å². The van der Waals surface area contributed by atoms with Crippen molar-refractivity contribution in [2.75, 3.05) is 10.0 Å². The van der Waals surface area contributed by atoms with E-state index in [2.05, 4.69) is 10.0 Å². The van der Waals surface area contributed by atoms with Crippen molar-refractivity contribution in [2.24, 2.45) is 0 Å². The Kier molecular flexibility index (Phi) is 6.19. The van der Waals surface area contributed by atoms with Gasteiger partial charge in [-0.2, -0.15) is 0 Å². The zero-order valence-corrected chi connectivity index (χ0v) is 18.8. The van der Waals surface area contributed by atoms with E-state index < -0.39 is 15.9 Å². The van der Waals surface area contributed by atoms with Crippen LogP contribution in [0.3, 0.4) is 0 Å². The Morgan fingerprint density at radius 2 is 1.50 bits per heavy atom. The van der Waals surface area contributed by atoms with Gasteiger partial charge in [-0.3, -0.25) is 9.52 Å². The van der Waals surface area contributed by atoms with Crippen molar-refractivity contribution in [3.05, 3.63) is 87.4 Å². The van der Waals surface area contributed by atoms with Gasteiger partial charge in [0.2, 0.25) is 0 Å². The molecule has 0 aromatic heterocycles. The van der Waals surface area contributed by atoms with Crippen molar-refractivity contribution in [2.45, 2.75) is 32.6 Å². The van der Waals surface area contributed by atoms with Crippen molar-refractivity contribution in [3.63, 3.8) is 0 Å². The molecule has 0 saturated carbocycles. The second kappa shape index (κ2) is 8.50. The molecule has 1 amide bonds. The van der Waals surface area contributed by atoms with Gasteiger partial charge in [-0.25, -0.2) is 8.42 Å². The molecule has 0 spiro atoms. The minimum Gasteiger partial charge on any atom is -0.322 e. The van der Waals surface area contributed by atoms with Crippen LogP contribution in [0, 0.1) is 27.7 Å². The van der Waals surface area contributed by atoms with Gasteiger partial charge in [0.25, 0.3) is 15.9 Å². The van der Waals surface area contributed by atoms with Crippen LogP contribution in [0.2, 0.25) is 5.02 Å². The summed E-state index contributed by atoms with van der Waals surface area (Å²) in [5.74, 6) is -0.400. The van der Waals surface area contributed by atoms with Crippen LogP contribution < -0.4 is 10.0 Å². The number of anilines is 2. The molecule has 0 unspecified atom stereocenters. The zero-order valence-electron chi connectivity index (χ0n) is 17.2. The molecule has 0 heterocycles. The number of carbonyl (C=O) groups excluding carboxylic acids is 1. The average Bonchev–Trinajstić information content (AvgIpc) is 2.62. The summed E-state index contributed by atoms with van der Waals surface area (Å²) >= 11 is 5.96. The minimum absolute atomic E-state index is 0.0575. The lowest BCUT2D eigenvalue weighted by molar-refractivity contribution is 0.102. The Morgan fingerprint density at radius 3 is 2.13 bits per heavy atom. The van der Waals surface area contributed by atoms with E-state index in [4.69, 9.17) is 11.6 Å². The molecule has 0 bridgehead atoms. The fraction of sp³-hybridized carbons (Fsp3) is 0.174. The molecule has 3 aromatic rings. The first-order chi connectivity index (χ1) is 14.0. The Bertz CT molecular complexity index is 1220. The molecule has 0 aliphatic heterocycles. The molecule has 0 fully saturated rings. The zero-order chi connectivity index (χ0) is 22.1. The molecule has 3 aromatic carbocycles. The second-order valence-electron chi connectivity index (χ2n) is 7.38. The van der Waals surface area contributed by atoms with Gasteiger partial charge in [-0.1, -0.05) is 23.7 Å². The Morgan fingerprint density at radius 1 is 0.833 bits per heavy atom. The summed E-state index contributed by atoms with van der Waals surface area (Å²) in [4.78, 5) is 12.8. The van der Waals surface area contributed by atoms with Crippen LogP contribution in [0.1, 0.15) is 32.6 Å². The number of hydrogen-bond acceptors (Lipinski definition) is 3. The van der Waals surface area contributed by atoms with Gasteiger partial charge in [0.15, 0.2) is 0 Å². The smallest absolute Gasteiger partial charge is 0.262 e. The third-order valence-electron chi connectivity index (χ3n) is 4.65. The normalized spacial score (nSPS) is 11.2. The fourth-order valence-electron chi connectivity index (χ4n) is 3.24. The van der Waals surface area contributed by atoms with Crippen LogP contribution in [0.4, 0.5) is 11.4 Å². The first-order valence-electron chi connectivity index (χ1n) is 9.34. The van der Waals surface area contributed by atoms with E-state index in [1.165, 1.54) is 6.07 Å². The highest BCUT2D eigenvalue weighted by Gasteiger charge is 2.20. The van der Waals surface area contributed by atoms with E-state index in [9.17, 15) is 13.2 Å². The number of carbonyl (C=O) groups is 1. The Hall–Kier alpha value is -2.83. The van der Waals surface area contributed by atoms with Crippen LogP contribution in [0.5, 0.6) is 0 Å². The van der Waals surface area contributed by atoms with Crippen molar-refractivity contribution in [1.29, 1.82) is 0 Å². The molecular formula is C23H23ClN2O3S. The quantitative estimate of drug-likeness (QED) is 0.537. The standard InChI is InChI=1S/C23H23ClN2O3S/c1-14-9-15(2)11-20(10-14)26-30(28,29)22-13-18(6-5-16(22)3)23(27)25-21-8-7-19(24)12-17(21)4/h5-13,26H,1-4H3,(H,25,27). The molecule has 7 heteroatoms. The molecule has 156 valence electrons. The predicted octanol–water partition coefficient (Wildman–Crippen LogP) is 5.63. The number of aryl methyl sites for hydroxylation is 4. The van der Waals surface area contributed by atoms with Crippen molar-refractivity contribution in [3.8, 4) is 0 Å². The fourth-order valence-corrected chi connectivity index (χ4v) is 4.78. The molecular weight excluding hydrogens is 420 g/mol. The third kappa shape index (κ3) is 5.01. The largest absolute Gasteiger partial charge is 0.322 e. The molecule has 3 rings (SSSR count). The molecule has 2 N–H and O–H groups in total. The summed E-state index contributed by atoms with van der Waals surface area (Å²) < 4.78 is 28.6. The second-order valence-corrected chi connectivity index (χ2v) is 9.46. The third-order valence-corrected chi connectivity index (χ3v) is 6.41. The molecule has 5 nitrogen and oxygen atoms in total. The summed E-state index contributed by atoms with van der Waals surface area (Å²) in [5.41, 5.74) is 4.61. The number of benzene rings is 3. The number of hydrogen-bond donors (Lipinski definition) is 2. The first-order valence-corrected chi connectivity index (χ1v) is 11.2. The lowest BCUT2D eigenvalue weighted by atomic mass is 10.1. The number of nitrogens with one attached hydrogen (secondary N) is 2. The van der Waals surface area contributed by atoms with E-state index >= 15 is 0 Å². The summed E-state index contributed by atoms with van der Waals surface area (Å²) in [6.07, 6.45) is 0. The summed E-state index contributed by atoms with van der Waals surface area (Å²) in [7, 11) is -3.87. The molecule has 0 atom stereocenters. The minimum atomic E-state index is -3.87. The van der Waals surface area contributed by atoms with Gasteiger partial charge < -0.3 is 5.32 Å². The number of sulfonamides is 1. The summed E-state index contributed by atoms with van der Waals surface area (Å²) in [5, 5.41) is 3.38. The van der Waals surface area contributed by atoms with Crippen LogP contribution >= 0.6 is 11.6 Å².